The molecular weight excluding hydrogens is 357 g/mol. The zero-order valence-electron chi connectivity index (χ0n) is 11.9. The van der Waals surface area contributed by atoms with E-state index in [9.17, 15) is 8.42 Å². The van der Waals surface area contributed by atoms with Crippen molar-refractivity contribution < 1.29 is 8.42 Å². The minimum atomic E-state index is -3.63. The molecule has 2 heterocycles. The van der Waals surface area contributed by atoms with E-state index in [0.29, 0.717) is 11.4 Å². The molecule has 8 heteroatoms. The van der Waals surface area contributed by atoms with E-state index >= 15 is 0 Å². The second kappa shape index (κ2) is 6.49. The summed E-state index contributed by atoms with van der Waals surface area (Å²) < 4.78 is 28.9. The molecule has 0 aliphatic carbocycles. The second-order valence-electron chi connectivity index (χ2n) is 4.92. The molecule has 120 valence electrons. The number of halogens is 2. The zero-order valence-corrected chi connectivity index (χ0v) is 14.2. The van der Waals surface area contributed by atoms with Crippen molar-refractivity contribution in [2.45, 2.75) is 11.3 Å². The van der Waals surface area contributed by atoms with Crippen LogP contribution in [0.4, 0.5) is 0 Å². The Balaban J connectivity index is 1.68. The smallest absolute Gasteiger partial charge is 0.240 e. The van der Waals surface area contributed by atoms with Crippen molar-refractivity contribution in [2.24, 2.45) is 0 Å². The van der Waals surface area contributed by atoms with Gasteiger partial charge in [-0.25, -0.2) is 18.1 Å². The van der Waals surface area contributed by atoms with Crippen LogP contribution >= 0.6 is 23.2 Å². The van der Waals surface area contributed by atoms with Gasteiger partial charge in [-0.3, -0.25) is 0 Å². The fraction of sp³-hybridized carbons (Fsp3) is 0.133. The van der Waals surface area contributed by atoms with Crippen LogP contribution < -0.4 is 4.72 Å². The van der Waals surface area contributed by atoms with Gasteiger partial charge in [0, 0.05) is 25.4 Å². The van der Waals surface area contributed by atoms with Gasteiger partial charge in [0.2, 0.25) is 10.0 Å². The third-order valence-electron chi connectivity index (χ3n) is 3.29. The van der Waals surface area contributed by atoms with Crippen LogP contribution in [-0.4, -0.2) is 24.3 Å². The first-order chi connectivity index (χ1) is 11.0. The van der Waals surface area contributed by atoms with Gasteiger partial charge in [0.1, 0.15) is 5.65 Å². The van der Waals surface area contributed by atoms with Crippen molar-refractivity contribution in [3.63, 3.8) is 0 Å². The highest BCUT2D eigenvalue weighted by Crippen LogP contribution is 2.24. The average molecular weight is 370 g/mol. The molecular formula is C15H13Cl2N3O2S. The van der Waals surface area contributed by atoms with Crippen molar-refractivity contribution >= 4 is 38.9 Å². The van der Waals surface area contributed by atoms with Crippen LogP contribution in [-0.2, 0) is 16.4 Å². The normalized spacial score (nSPS) is 11.9. The zero-order chi connectivity index (χ0) is 16.4. The number of benzene rings is 1. The number of nitrogens with one attached hydrogen (secondary N) is 1. The second-order valence-corrected chi connectivity index (χ2v) is 7.50. The molecule has 3 rings (SSSR count). The average Bonchev–Trinajstić information content (AvgIpc) is 2.92. The number of rotatable bonds is 5. The maximum Gasteiger partial charge on any atom is 0.240 e. The highest BCUT2D eigenvalue weighted by Gasteiger charge is 2.15. The first-order valence-electron chi connectivity index (χ1n) is 6.83. The summed E-state index contributed by atoms with van der Waals surface area (Å²) in [6, 6.07) is 9.91. The third kappa shape index (κ3) is 3.67. The number of sulfonamides is 1. The summed E-state index contributed by atoms with van der Waals surface area (Å²) in [5.41, 5.74) is 1.64. The lowest BCUT2D eigenvalue weighted by Gasteiger charge is -2.06. The van der Waals surface area contributed by atoms with Crippen LogP contribution in [0.1, 0.15) is 5.69 Å². The van der Waals surface area contributed by atoms with E-state index in [4.69, 9.17) is 23.2 Å². The van der Waals surface area contributed by atoms with Crippen LogP contribution in [0.15, 0.2) is 53.7 Å². The largest absolute Gasteiger partial charge is 0.307 e. The molecule has 3 aromatic rings. The Kier molecular flexibility index (Phi) is 4.59. The summed E-state index contributed by atoms with van der Waals surface area (Å²) >= 11 is 11.7. The highest BCUT2D eigenvalue weighted by atomic mass is 35.5. The summed E-state index contributed by atoms with van der Waals surface area (Å²) in [6.45, 7) is 0.243. The van der Waals surface area contributed by atoms with Crippen molar-refractivity contribution in [3.05, 3.63) is 64.5 Å². The summed E-state index contributed by atoms with van der Waals surface area (Å²) in [5.74, 6) is 0. The van der Waals surface area contributed by atoms with Gasteiger partial charge in [0.25, 0.3) is 0 Å². The summed E-state index contributed by atoms with van der Waals surface area (Å²) in [5, 5.41) is 0.519. The Labute approximate surface area is 143 Å². The van der Waals surface area contributed by atoms with Crippen molar-refractivity contribution in [1.82, 2.24) is 14.1 Å². The van der Waals surface area contributed by atoms with Crippen molar-refractivity contribution in [2.75, 3.05) is 6.54 Å². The Hall–Kier alpha value is -1.60. The van der Waals surface area contributed by atoms with Crippen LogP contribution in [0.5, 0.6) is 0 Å². The number of nitrogens with zero attached hydrogens (tertiary/aromatic N) is 2. The van der Waals surface area contributed by atoms with E-state index < -0.39 is 10.0 Å². The van der Waals surface area contributed by atoms with Gasteiger partial charge >= 0.3 is 0 Å². The third-order valence-corrected chi connectivity index (χ3v) is 5.49. The quantitative estimate of drug-likeness (QED) is 0.751. The fourth-order valence-corrected chi connectivity index (χ4v) is 3.57. The van der Waals surface area contributed by atoms with E-state index in [1.165, 1.54) is 18.2 Å². The van der Waals surface area contributed by atoms with Gasteiger partial charge in [0.15, 0.2) is 0 Å². The molecule has 2 aromatic heterocycles. The molecule has 0 atom stereocenters. The molecule has 5 nitrogen and oxygen atoms in total. The minimum Gasteiger partial charge on any atom is -0.307 e. The van der Waals surface area contributed by atoms with Crippen LogP contribution in [0.25, 0.3) is 5.65 Å². The molecule has 0 saturated heterocycles. The maximum atomic E-state index is 12.2. The predicted molar refractivity (Wildman–Crippen MR) is 90.5 cm³/mol. The van der Waals surface area contributed by atoms with E-state index in [1.807, 2.05) is 35.0 Å². The molecule has 0 radical (unpaired) electrons. The standard InChI is InChI=1S/C15H13Cl2N3O2S/c16-13-5-4-12(9-14(13)17)23(21,22)18-7-6-11-10-20-8-2-1-3-15(20)19-11/h1-5,8-10,18H,6-7H2. The molecule has 23 heavy (non-hydrogen) atoms. The highest BCUT2D eigenvalue weighted by molar-refractivity contribution is 7.89. The SMILES string of the molecule is O=S(=O)(NCCc1cn2ccccc2n1)c1ccc(Cl)c(Cl)c1. The van der Waals surface area contributed by atoms with Gasteiger partial charge in [-0.2, -0.15) is 0 Å². The van der Waals surface area contributed by atoms with Crippen LogP contribution in [0.2, 0.25) is 10.0 Å². The van der Waals surface area contributed by atoms with E-state index in [-0.39, 0.29) is 16.5 Å². The molecule has 0 amide bonds. The minimum absolute atomic E-state index is 0.0851. The Morgan fingerprint density at radius 1 is 1.13 bits per heavy atom. The maximum absolute atomic E-state index is 12.2. The molecule has 1 aromatic carbocycles. The Morgan fingerprint density at radius 2 is 1.96 bits per heavy atom. The lowest BCUT2D eigenvalue weighted by molar-refractivity contribution is 0.581. The Morgan fingerprint density at radius 3 is 2.70 bits per heavy atom. The molecule has 0 aliphatic heterocycles. The lowest BCUT2D eigenvalue weighted by Crippen LogP contribution is -2.26. The number of pyridine rings is 1. The van der Waals surface area contributed by atoms with Gasteiger partial charge in [-0.05, 0) is 30.3 Å². The number of hydrogen-bond donors (Lipinski definition) is 1. The molecule has 0 saturated carbocycles. The van der Waals surface area contributed by atoms with Gasteiger partial charge in [0.05, 0.1) is 20.6 Å². The van der Waals surface area contributed by atoms with Crippen molar-refractivity contribution in [3.8, 4) is 0 Å². The van der Waals surface area contributed by atoms with E-state index in [0.717, 1.165) is 11.3 Å². The number of aromatic nitrogens is 2. The van der Waals surface area contributed by atoms with Crippen LogP contribution in [0, 0.1) is 0 Å². The summed E-state index contributed by atoms with van der Waals surface area (Å²) in [6.07, 6.45) is 4.26. The summed E-state index contributed by atoms with van der Waals surface area (Å²) in [7, 11) is -3.63. The fourth-order valence-electron chi connectivity index (χ4n) is 2.15. The van der Waals surface area contributed by atoms with Crippen LogP contribution in [0.3, 0.4) is 0 Å². The lowest BCUT2D eigenvalue weighted by atomic mass is 10.3. The summed E-state index contributed by atoms with van der Waals surface area (Å²) in [4.78, 5) is 4.51. The predicted octanol–water partition coefficient (Wildman–Crippen LogP) is 3.16. The molecule has 0 spiro atoms. The topological polar surface area (TPSA) is 63.5 Å². The molecule has 0 fully saturated rings. The molecule has 0 aliphatic rings. The van der Waals surface area contributed by atoms with Gasteiger partial charge < -0.3 is 4.40 Å². The number of imidazole rings is 1. The van der Waals surface area contributed by atoms with Gasteiger partial charge in [-0.1, -0.05) is 29.3 Å². The number of hydrogen-bond acceptors (Lipinski definition) is 3. The molecule has 0 bridgehead atoms. The van der Waals surface area contributed by atoms with E-state index in [2.05, 4.69) is 9.71 Å². The first kappa shape index (κ1) is 16.3. The monoisotopic (exact) mass is 369 g/mol. The molecule has 0 unspecified atom stereocenters. The van der Waals surface area contributed by atoms with Crippen molar-refractivity contribution in [1.29, 1.82) is 0 Å². The molecule has 1 N–H and O–H groups in total. The number of fused-ring (bicyclic) bond motifs is 1. The Bertz CT molecular complexity index is 921. The van der Waals surface area contributed by atoms with Gasteiger partial charge in [-0.15, -0.1) is 0 Å². The van der Waals surface area contributed by atoms with E-state index in [1.54, 1.807) is 0 Å². The first-order valence-corrected chi connectivity index (χ1v) is 9.07.